The second kappa shape index (κ2) is 6.23. The third-order valence-corrected chi connectivity index (χ3v) is 5.64. The molecule has 4 rings (SSSR count). The highest BCUT2D eigenvalue weighted by molar-refractivity contribution is 9.15. The van der Waals surface area contributed by atoms with Crippen LogP contribution in [0.15, 0.2) is 48.5 Å². The summed E-state index contributed by atoms with van der Waals surface area (Å²) in [6, 6.07) is 18.0. The lowest BCUT2D eigenvalue weighted by Crippen LogP contribution is -2.46. The van der Waals surface area contributed by atoms with Crippen molar-refractivity contribution in [2.45, 2.75) is 6.04 Å². The minimum absolute atomic E-state index is 0.336. The molecule has 2 aromatic rings. The number of rotatable bonds is 1. The van der Waals surface area contributed by atoms with E-state index in [4.69, 9.17) is 0 Å². The molecule has 1 heterocycles. The Morgan fingerprint density at radius 3 is 2.30 bits per heavy atom. The molecule has 2 aliphatic rings. The molecule has 1 fully saturated rings. The van der Waals surface area contributed by atoms with Crippen LogP contribution in [0, 0.1) is 0 Å². The number of hydrogen-bond donors (Lipinski definition) is 0. The lowest BCUT2D eigenvalue weighted by molar-refractivity contribution is 0.127. The predicted molar refractivity (Wildman–Crippen MR) is 101 cm³/mol. The van der Waals surface area contributed by atoms with Crippen LogP contribution in [0.2, 0.25) is 0 Å². The van der Waals surface area contributed by atoms with Crippen LogP contribution < -0.4 is 0 Å². The number of piperazine rings is 1. The van der Waals surface area contributed by atoms with Gasteiger partial charge in [-0.15, -0.1) is 0 Å². The largest absolute Gasteiger partial charge is 0.304 e. The summed E-state index contributed by atoms with van der Waals surface area (Å²) in [4.78, 5) is 5.05. The Kier molecular flexibility index (Phi) is 4.10. The first kappa shape index (κ1) is 15.1. The van der Waals surface area contributed by atoms with E-state index in [-0.39, 0.29) is 0 Å². The number of nitrogens with zero attached hydrogens (tertiary/aromatic N) is 2. The fraction of sp³-hybridized carbons (Fsp3) is 0.300. The zero-order valence-electron chi connectivity index (χ0n) is 13.4. The van der Waals surface area contributed by atoms with Crippen molar-refractivity contribution in [3.8, 4) is 0 Å². The van der Waals surface area contributed by atoms with E-state index in [1.807, 2.05) is 0 Å². The third-order valence-electron chi connectivity index (χ3n) is 4.99. The van der Waals surface area contributed by atoms with Gasteiger partial charge in [0.15, 0.2) is 0 Å². The monoisotopic (exact) mass is 368 g/mol. The van der Waals surface area contributed by atoms with Gasteiger partial charge in [0.05, 0.1) is 6.04 Å². The van der Waals surface area contributed by atoms with Gasteiger partial charge in [0, 0.05) is 30.7 Å². The summed E-state index contributed by atoms with van der Waals surface area (Å²) in [5.41, 5.74) is 5.45. The minimum atomic E-state index is 0.336. The molecule has 0 spiro atoms. The number of benzene rings is 2. The Hall–Kier alpha value is -1.42. The second-order valence-corrected chi connectivity index (χ2v) is 7.30. The van der Waals surface area contributed by atoms with Gasteiger partial charge in [0.2, 0.25) is 0 Å². The van der Waals surface area contributed by atoms with E-state index in [0.717, 1.165) is 26.2 Å². The van der Waals surface area contributed by atoms with Crippen LogP contribution in [0.3, 0.4) is 0 Å². The number of halogens is 1. The lowest BCUT2D eigenvalue weighted by atomic mass is 9.92. The van der Waals surface area contributed by atoms with Gasteiger partial charge in [-0.1, -0.05) is 64.5 Å². The summed E-state index contributed by atoms with van der Waals surface area (Å²) in [7, 11) is 2.21. The minimum Gasteiger partial charge on any atom is -0.304 e. The van der Waals surface area contributed by atoms with Crippen molar-refractivity contribution < 1.29 is 0 Å². The standard InChI is InChI=1S/C20H21BrN2/c1-22-10-12-23(13-11-22)20-16-7-3-2-6-15(16)14-19(21)17-8-4-5-9-18(17)20/h2-9,14,20H,10-13H2,1H3. The lowest BCUT2D eigenvalue weighted by Gasteiger charge is -2.39. The first-order chi connectivity index (χ1) is 11.2. The van der Waals surface area contributed by atoms with E-state index < -0.39 is 0 Å². The summed E-state index contributed by atoms with van der Waals surface area (Å²) in [5, 5.41) is 0. The molecule has 1 aliphatic heterocycles. The van der Waals surface area contributed by atoms with Gasteiger partial charge in [0.25, 0.3) is 0 Å². The average molecular weight is 369 g/mol. The Labute approximate surface area is 146 Å². The van der Waals surface area contributed by atoms with E-state index in [0.29, 0.717) is 6.04 Å². The average Bonchev–Trinajstić information content (AvgIpc) is 2.70. The van der Waals surface area contributed by atoms with Gasteiger partial charge in [-0.2, -0.15) is 0 Å². The second-order valence-electron chi connectivity index (χ2n) is 6.45. The zero-order chi connectivity index (χ0) is 15.8. The van der Waals surface area contributed by atoms with Crippen LogP contribution in [0.25, 0.3) is 10.6 Å². The fourth-order valence-electron chi connectivity index (χ4n) is 3.70. The van der Waals surface area contributed by atoms with Crippen molar-refractivity contribution in [1.82, 2.24) is 9.80 Å². The molecule has 1 saturated heterocycles. The maximum atomic E-state index is 3.80. The van der Waals surface area contributed by atoms with Crippen LogP contribution in [-0.2, 0) is 0 Å². The number of hydrogen-bond acceptors (Lipinski definition) is 2. The maximum Gasteiger partial charge on any atom is 0.0614 e. The van der Waals surface area contributed by atoms with Gasteiger partial charge >= 0.3 is 0 Å². The van der Waals surface area contributed by atoms with E-state index in [1.54, 1.807) is 0 Å². The normalized spacial score (nSPS) is 22.0. The molecule has 0 aromatic heterocycles. The van der Waals surface area contributed by atoms with Gasteiger partial charge in [-0.05, 0) is 35.4 Å². The Bertz CT molecular complexity index is 745. The summed E-state index contributed by atoms with van der Waals surface area (Å²) in [6.07, 6.45) is 2.27. The molecule has 1 unspecified atom stereocenters. The molecule has 0 radical (unpaired) electrons. The third kappa shape index (κ3) is 2.78. The highest BCUT2D eigenvalue weighted by Crippen LogP contribution is 2.41. The zero-order valence-corrected chi connectivity index (χ0v) is 15.0. The summed E-state index contributed by atoms with van der Waals surface area (Å²) in [5.74, 6) is 0. The van der Waals surface area contributed by atoms with Crippen molar-refractivity contribution in [3.63, 3.8) is 0 Å². The van der Waals surface area contributed by atoms with E-state index in [9.17, 15) is 0 Å². The Balaban J connectivity index is 1.87. The summed E-state index contributed by atoms with van der Waals surface area (Å²) < 4.78 is 1.18. The van der Waals surface area contributed by atoms with Crippen LogP contribution in [0.4, 0.5) is 0 Å². The van der Waals surface area contributed by atoms with Crippen LogP contribution in [-0.4, -0.2) is 43.0 Å². The maximum absolute atomic E-state index is 3.80. The first-order valence-corrected chi connectivity index (χ1v) is 9.01. The van der Waals surface area contributed by atoms with Crippen LogP contribution in [0.5, 0.6) is 0 Å². The quantitative estimate of drug-likeness (QED) is 0.742. The van der Waals surface area contributed by atoms with Crippen molar-refractivity contribution in [2.75, 3.05) is 33.2 Å². The smallest absolute Gasteiger partial charge is 0.0614 e. The van der Waals surface area contributed by atoms with Crippen molar-refractivity contribution in [1.29, 1.82) is 0 Å². The van der Waals surface area contributed by atoms with E-state index >= 15 is 0 Å². The first-order valence-electron chi connectivity index (χ1n) is 8.22. The molecule has 1 aliphatic carbocycles. The topological polar surface area (TPSA) is 6.48 Å². The van der Waals surface area contributed by atoms with Crippen LogP contribution >= 0.6 is 15.9 Å². The summed E-state index contributed by atoms with van der Waals surface area (Å²) in [6.45, 7) is 4.49. The molecular formula is C20H21BrN2. The number of likely N-dealkylation sites (N-methyl/N-ethyl adjacent to an activating group) is 1. The van der Waals surface area contributed by atoms with Gasteiger partial charge < -0.3 is 4.90 Å². The molecule has 23 heavy (non-hydrogen) atoms. The molecule has 0 bridgehead atoms. The molecule has 0 amide bonds. The molecular weight excluding hydrogens is 348 g/mol. The highest BCUT2D eigenvalue weighted by Gasteiger charge is 2.30. The molecule has 118 valence electrons. The Morgan fingerprint density at radius 1 is 0.870 bits per heavy atom. The van der Waals surface area contributed by atoms with Crippen molar-refractivity contribution >= 4 is 26.5 Å². The van der Waals surface area contributed by atoms with E-state index in [2.05, 4.69) is 87.4 Å². The van der Waals surface area contributed by atoms with Gasteiger partial charge in [0.1, 0.15) is 0 Å². The van der Waals surface area contributed by atoms with Gasteiger partial charge in [-0.3, -0.25) is 4.90 Å². The number of fused-ring (bicyclic) bond motifs is 2. The van der Waals surface area contributed by atoms with Crippen molar-refractivity contribution in [2.24, 2.45) is 0 Å². The Morgan fingerprint density at radius 2 is 1.52 bits per heavy atom. The molecule has 1 atom stereocenters. The van der Waals surface area contributed by atoms with Crippen LogP contribution in [0.1, 0.15) is 28.3 Å². The van der Waals surface area contributed by atoms with Crippen molar-refractivity contribution in [3.05, 3.63) is 70.8 Å². The molecule has 0 saturated carbocycles. The van der Waals surface area contributed by atoms with E-state index in [1.165, 1.54) is 26.7 Å². The highest BCUT2D eigenvalue weighted by atomic mass is 79.9. The molecule has 0 N–H and O–H groups in total. The van der Waals surface area contributed by atoms with Gasteiger partial charge in [-0.25, -0.2) is 0 Å². The fourth-order valence-corrected chi connectivity index (χ4v) is 4.31. The molecule has 2 aromatic carbocycles. The SMILES string of the molecule is CN1CCN(C2c3ccccc3C=C(Br)c3ccccc32)CC1. The molecule has 3 heteroatoms. The summed E-state index contributed by atoms with van der Waals surface area (Å²) >= 11 is 3.80. The molecule has 2 nitrogen and oxygen atoms in total. The predicted octanol–water partition coefficient (Wildman–Crippen LogP) is 4.23.